The van der Waals surface area contributed by atoms with Crippen LogP contribution >= 0.6 is 0 Å². The topological polar surface area (TPSA) is 87.9 Å². The smallest absolute Gasteiger partial charge is 0.290 e. The monoisotopic (exact) mass is 390 g/mol. The average Bonchev–Trinajstić information content (AvgIpc) is 2.97. The van der Waals surface area contributed by atoms with Crippen molar-refractivity contribution in [2.24, 2.45) is 0 Å². The molecule has 0 aliphatic carbocycles. The third-order valence-corrected chi connectivity index (χ3v) is 5.49. The second-order valence-corrected chi connectivity index (χ2v) is 8.95. The number of sulfone groups is 1. The summed E-state index contributed by atoms with van der Waals surface area (Å²) in [6, 6.07) is 6.78. The fourth-order valence-electron chi connectivity index (χ4n) is 3.40. The third-order valence-electron chi connectivity index (χ3n) is 4.67. The number of amides is 2. The summed E-state index contributed by atoms with van der Waals surface area (Å²) in [7, 11) is -3.36. The summed E-state index contributed by atoms with van der Waals surface area (Å²) in [6.45, 7) is 6.46. The Balaban J connectivity index is 1.95. The van der Waals surface area contributed by atoms with Crippen molar-refractivity contribution in [1.82, 2.24) is 9.80 Å². The molecule has 1 aliphatic heterocycles. The Morgan fingerprint density at radius 1 is 1.30 bits per heavy atom. The van der Waals surface area contributed by atoms with Gasteiger partial charge in [0.2, 0.25) is 5.91 Å². The molecule has 2 amide bonds. The summed E-state index contributed by atoms with van der Waals surface area (Å²) in [5, 5.41) is 0.624. The molecule has 1 aromatic carbocycles. The van der Waals surface area contributed by atoms with Gasteiger partial charge >= 0.3 is 0 Å². The first-order valence-corrected chi connectivity index (χ1v) is 10.7. The van der Waals surface area contributed by atoms with Gasteiger partial charge in [-0.25, -0.2) is 8.42 Å². The van der Waals surface area contributed by atoms with E-state index in [0.717, 1.165) is 6.26 Å². The lowest BCUT2D eigenvalue weighted by atomic mass is 10.1. The van der Waals surface area contributed by atoms with Crippen LogP contribution in [0.5, 0.6) is 0 Å². The summed E-state index contributed by atoms with van der Waals surface area (Å²) in [5.74, 6) is -0.746. The van der Waals surface area contributed by atoms with Gasteiger partial charge in [-0.15, -0.1) is 0 Å². The largest absolute Gasteiger partial charge is 0.451 e. The highest BCUT2D eigenvalue weighted by Crippen LogP contribution is 2.29. The molecule has 1 saturated heterocycles. The number of hydrogen-bond donors (Lipinski definition) is 0. The number of furan rings is 1. The molecule has 0 unspecified atom stereocenters. The Bertz CT molecular complexity index is 1010. The van der Waals surface area contributed by atoms with Crippen molar-refractivity contribution >= 4 is 32.6 Å². The quantitative estimate of drug-likeness (QED) is 0.744. The zero-order valence-electron chi connectivity index (χ0n) is 15.3. The van der Waals surface area contributed by atoms with E-state index in [0.29, 0.717) is 36.2 Å². The van der Waals surface area contributed by atoms with Gasteiger partial charge in [0.15, 0.2) is 15.6 Å². The van der Waals surface area contributed by atoms with E-state index >= 15 is 0 Å². The molecular formula is C19H22N2O5S. The molecule has 2 heterocycles. The maximum Gasteiger partial charge on any atom is 0.290 e. The van der Waals surface area contributed by atoms with Gasteiger partial charge in [-0.3, -0.25) is 9.59 Å². The Morgan fingerprint density at radius 3 is 2.63 bits per heavy atom. The first-order valence-electron chi connectivity index (χ1n) is 8.61. The van der Waals surface area contributed by atoms with Gasteiger partial charge in [-0.1, -0.05) is 24.8 Å². The van der Waals surface area contributed by atoms with Crippen LogP contribution in [0.3, 0.4) is 0 Å². The number of hydrogen-bond acceptors (Lipinski definition) is 5. The molecule has 8 heteroatoms. The maximum absolute atomic E-state index is 13.1. The van der Waals surface area contributed by atoms with Gasteiger partial charge < -0.3 is 14.2 Å². The second-order valence-electron chi connectivity index (χ2n) is 6.81. The average molecular weight is 390 g/mol. The molecule has 1 aliphatic rings. The predicted octanol–water partition coefficient (Wildman–Crippen LogP) is 1.84. The SMILES string of the molecule is C=CC(=O)N1CCN(C(=O)c2oc3ccccc3c2CS(C)(=O)=O)[C@@H](C)C1. The number of para-hydroxylation sites is 1. The first kappa shape index (κ1) is 19.2. The van der Waals surface area contributed by atoms with E-state index in [2.05, 4.69) is 6.58 Å². The lowest BCUT2D eigenvalue weighted by Gasteiger charge is -2.39. The number of fused-ring (bicyclic) bond motifs is 1. The molecule has 2 aromatic rings. The van der Waals surface area contributed by atoms with Crippen LogP contribution in [0.1, 0.15) is 23.0 Å². The van der Waals surface area contributed by atoms with E-state index < -0.39 is 9.84 Å². The van der Waals surface area contributed by atoms with E-state index in [1.165, 1.54) is 6.08 Å². The van der Waals surface area contributed by atoms with Crippen LogP contribution in [-0.2, 0) is 20.4 Å². The van der Waals surface area contributed by atoms with Gasteiger partial charge in [0.25, 0.3) is 5.91 Å². The van der Waals surface area contributed by atoms with Gasteiger partial charge in [-0.05, 0) is 19.1 Å². The Labute approximate surface area is 158 Å². The number of carbonyl (C=O) groups is 2. The van der Waals surface area contributed by atoms with E-state index in [9.17, 15) is 18.0 Å². The van der Waals surface area contributed by atoms with Crippen LogP contribution in [0.15, 0.2) is 41.3 Å². The molecule has 144 valence electrons. The number of rotatable bonds is 4. The molecule has 1 fully saturated rings. The number of nitrogens with zero attached hydrogens (tertiary/aromatic N) is 2. The van der Waals surface area contributed by atoms with Crippen molar-refractivity contribution in [3.8, 4) is 0 Å². The van der Waals surface area contributed by atoms with Crippen molar-refractivity contribution in [2.75, 3.05) is 25.9 Å². The highest BCUT2D eigenvalue weighted by Gasteiger charge is 2.33. The van der Waals surface area contributed by atoms with Crippen LogP contribution in [0, 0.1) is 0 Å². The minimum absolute atomic E-state index is 0.0528. The summed E-state index contributed by atoms with van der Waals surface area (Å²) in [4.78, 5) is 28.2. The number of benzene rings is 1. The standard InChI is InChI=1S/C19H22N2O5S/c1-4-17(22)20-9-10-21(13(2)11-20)19(23)18-15(12-27(3,24)25)14-7-5-6-8-16(14)26-18/h4-8,13H,1,9-12H2,2-3H3/t13-/m0/s1. The molecule has 0 spiro atoms. The van der Waals surface area contributed by atoms with Crippen molar-refractivity contribution in [3.63, 3.8) is 0 Å². The van der Waals surface area contributed by atoms with E-state index in [1.807, 2.05) is 6.92 Å². The zero-order chi connectivity index (χ0) is 19.8. The van der Waals surface area contributed by atoms with Crippen molar-refractivity contribution in [1.29, 1.82) is 0 Å². The molecule has 1 atom stereocenters. The fourth-order valence-corrected chi connectivity index (χ4v) is 4.21. The lowest BCUT2D eigenvalue weighted by molar-refractivity contribution is -0.128. The molecule has 0 bridgehead atoms. The van der Waals surface area contributed by atoms with Gasteiger partial charge in [0.1, 0.15) is 5.58 Å². The van der Waals surface area contributed by atoms with Crippen molar-refractivity contribution < 1.29 is 22.4 Å². The van der Waals surface area contributed by atoms with Crippen LogP contribution in [0.25, 0.3) is 11.0 Å². The fraction of sp³-hybridized carbons (Fsp3) is 0.368. The molecule has 0 saturated carbocycles. The highest BCUT2D eigenvalue weighted by atomic mass is 32.2. The summed E-state index contributed by atoms with van der Waals surface area (Å²) >= 11 is 0. The normalized spacial score (nSPS) is 17.9. The van der Waals surface area contributed by atoms with Crippen molar-refractivity contribution in [2.45, 2.75) is 18.7 Å². The second kappa shape index (κ2) is 7.19. The first-order chi connectivity index (χ1) is 12.7. The molecule has 1 aromatic heterocycles. The summed E-state index contributed by atoms with van der Waals surface area (Å²) in [6.07, 6.45) is 2.39. The lowest BCUT2D eigenvalue weighted by Crippen LogP contribution is -2.55. The Hall–Kier alpha value is -2.61. The van der Waals surface area contributed by atoms with E-state index in [4.69, 9.17) is 4.42 Å². The molecule has 3 rings (SSSR count). The molecule has 0 radical (unpaired) electrons. The van der Waals surface area contributed by atoms with Crippen LogP contribution in [0.2, 0.25) is 0 Å². The highest BCUT2D eigenvalue weighted by molar-refractivity contribution is 7.89. The van der Waals surface area contributed by atoms with Gasteiger partial charge in [-0.2, -0.15) is 0 Å². The van der Waals surface area contributed by atoms with E-state index in [1.54, 1.807) is 34.1 Å². The Kier molecular flexibility index (Phi) is 5.10. The van der Waals surface area contributed by atoms with E-state index in [-0.39, 0.29) is 29.4 Å². The van der Waals surface area contributed by atoms with Gasteiger partial charge in [0.05, 0.1) is 5.75 Å². The zero-order valence-corrected chi connectivity index (χ0v) is 16.2. The molecular weight excluding hydrogens is 368 g/mol. The minimum Gasteiger partial charge on any atom is -0.451 e. The van der Waals surface area contributed by atoms with Crippen LogP contribution < -0.4 is 0 Å². The van der Waals surface area contributed by atoms with Crippen LogP contribution in [0.4, 0.5) is 0 Å². The van der Waals surface area contributed by atoms with Gasteiger partial charge in [0, 0.05) is 42.9 Å². The molecule has 7 nitrogen and oxygen atoms in total. The molecule has 27 heavy (non-hydrogen) atoms. The van der Waals surface area contributed by atoms with Crippen LogP contribution in [-0.4, -0.2) is 62.0 Å². The number of piperazine rings is 1. The predicted molar refractivity (Wildman–Crippen MR) is 102 cm³/mol. The maximum atomic E-state index is 13.1. The Morgan fingerprint density at radius 2 is 2.00 bits per heavy atom. The van der Waals surface area contributed by atoms with Crippen molar-refractivity contribution in [3.05, 3.63) is 48.2 Å². The minimum atomic E-state index is -3.36. The summed E-state index contributed by atoms with van der Waals surface area (Å²) < 4.78 is 29.5. The third kappa shape index (κ3) is 3.90. The summed E-state index contributed by atoms with van der Waals surface area (Å²) in [5.41, 5.74) is 0.863. The molecule has 0 N–H and O–H groups in total. The number of carbonyl (C=O) groups excluding carboxylic acids is 2.